The molecular formula is C23H12Br2O4. The summed E-state index contributed by atoms with van der Waals surface area (Å²) in [7, 11) is 0. The van der Waals surface area contributed by atoms with Crippen LogP contribution in [0.3, 0.4) is 0 Å². The largest absolute Gasteiger partial charge is 0.507 e. The van der Waals surface area contributed by atoms with E-state index in [9.17, 15) is 19.5 Å². The third-order valence-corrected chi connectivity index (χ3v) is 5.68. The van der Waals surface area contributed by atoms with Gasteiger partial charge in [-0.15, -0.1) is 0 Å². The Balaban J connectivity index is 1.53. The van der Waals surface area contributed by atoms with Crippen LogP contribution in [0.4, 0.5) is 0 Å². The van der Waals surface area contributed by atoms with E-state index in [1.54, 1.807) is 54.6 Å². The predicted octanol–water partition coefficient (Wildman–Crippen LogP) is 5.80. The van der Waals surface area contributed by atoms with E-state index >= 15 is 0 Å². The molecule has 2 aliphatic carbocycles. The Morgan fingerprint density at radius 3 is 1.97 bits per heavy atom. The number of aliphatic hydroxyl groups is 1. The van der Waals surface area contributed by atoms with Crippen LogP contribution in [0, 0.1) is 0 Å². The number of halogens is 2. The van der Waals surface area contributed by atoms with Gasteiger partial charge in [0.2, 0.25) is 0 Å². The second-order valence-corrected chi connectivity index (χ2v) is 8.29. The maximum Gasteiger partial charge on any atom is 0.197 e. The highest BCUT2D eigenvalue weighted by Gasteiger charge is 2.32. The van der Waals surface area contributed by atoms with E-state index in [1.807, 2.05) is 0 Å². The molecule has 0 atom stereocenters. The summed E-state index contributed by atoms with van der Waals surface area (Å²) >= 11 is 6.62. The number of Topliss-reactive ketones (excluding diaryl/α,β-unsaturated/α-hetero) is 3. The van der Waals surface area contributed by atoms with Crippen molar-refractivity contribution in [3.05, 3.63) is 109 Å². The van der Waals surface area contributed by atoms with Gasteiger partial charge in [0.15, 0.2) is 17.3 Å². The molecule has 4 nitrogen and oxygen atoms in total. The van der Waals surface area contributed by atoms with Gasteiger partial charge in [0.25, 0.3) is 0 Å². The van der Waals surface area contributed by atoms with Crippen LogP contribution in [0.15, 0.2) is 86.9 Å². The van der Waals surface area contributed by atoms with Gasteiger partial charge in [-0.2, -0.15) is 0 Å². The van der Waals surface area contributed by atoms with Crippen molar-refractivity contribution in [2.45, 2.75) is 0 Å². The molecule has 0 radical (unpaired) electrons. The first-order valence-corrected chi connectivity index (χ1v) is 10.2. The van der Waals surface area contributed by atoms with E-state index in [4.69, 9.17) is 0 Å². The lowest BCUT2D eigenvalue weighted by atomic mass is 10.1. The maximum absolute atomic E-state index is 12.4. The molecule has 0 heterocycles. The van der Waals surface area contributed by atoms with Gasteiger partial charge in [0, 0.05) is 31.2 Å². The zero-order chi connectivity index (χ0) is 20.7. The first-order chi connectivity index (χ1) is 13.9. The van der Waals surface area contributed by atoms with Gasteiger partial charge in [0.05, 0.1) is 11.1 Å². The summed E-state index contributed by atoms with van der Waals surface area (Å²) in [5, 5.41) is 10.3. The average molecular weight is 512 g/mol. The normalized spacial score (nSPS) is 17.3. The van der Waals surface area contributed by atoms with Crippen LogP contribution < -0.4 is 0 Å². The van der Waals surface area contributed by atoms with Crippen LogP contribution in [-0.4, -0.2) is 22.5 Å². The highest BCUT2D eigenvalue weighted by atomic mass is 79.9. The molecule has 1 N–H and O–H groups in total. The Bertz CT molecular complexity index is 1230. The Morgan fingerprint density at radius 1 is 0.690 bits per heavy atom. The Morgan fingerprint density at radius 2 is 1.28 bits per heavy atom. The Labute approximate surface area is 183 Å². The maximum atomic E-state index is 12.4. The van der Waals surface area contributed by atoms with E-state index < -0.39 is 0 Å². The van der Waals surface area contributed by atoms with Crippen molar-refractivity contribution in [1.82, 2.24) is 0 Å². The minimum absolute atomic E-state index is 0.0727. The van der Waals surface area contributed by atoms with E-state index in [-0.39, 0.29) is 34.3 Å². The Kier molecular flexibility index (Phi) is 5.06. The summed E-state index contributed by atoms with van der Waals surface area (Å²) in [5.41, 5.74) is 2.00. The number of hydrogen-bond acceptors (Lipinski definition) is 4. The van der Waals surface area contributed by atoms with Crippen molar-refractivity contribution >= 4 is 55.0 Å². The number of aliphatic hydroxyl groups excluding tert-OH is 1. The molecular weight excluding hydrogens is 500 g/mol. The molecule has 0 aliphatic heterocycles. The zero-order valence-corrected chi connectivity index (χ0v) is 18.0. The third-order valence-electron chi connectivity index (χ3n) is 4.69. The third kappa shape index (κ3) is 3.39. The number of carbonyl (C=O) groups excluding carboxylic acids is 3. The monoisotopic (exact) mass is 510 g/mol. The van der Waals surface area contributed by atoms with E-state index in [0.29, 0.717) is 22.3 Å². The van der Waals surface area contributed by atoms with Crippen molar-refractivity contribution in [3.8, 4) is 0 Å². The topological polar surface area (TPSA) is 71.4 Å². The molecule has 0 fully saturated rings. The molecule has 0 saturated carbocycles. The molecule has 0 amide bonds. The van der Waals surface area contributed by atoms with Crippen LogP contribution >= 0.6 is 31.9 Å². The second-order valence-electron chi connectivity index (χ2n) is 6.45. The molecule has 0 unspecified atom stereocenters. The molecule has 6 heteroatoms. The van der Waals surface area contributed by atoms with Crippen molar-refractivity contribution in [2.24, 2.45) is 0 Å². The lowest BCUT2D eigenvalue weighted by molar-refractivity contribution is 0.0986. The van der Waals surface area contributed by atoms with Crippen LogP contribution in [0.5, 0.6) is 0 Å². The van der Waals surface area contributed by atoms with Crippen molar-refractivity contribution in [2.75, 3.05) is 0 Å². The number of carbonyl (C=O) groups is 3. The highest BCUT2D eigenvalue weighted by Crippen LogP contribution is 2.33. The molecule has 2 aliphatic rings. The van der Waals surface area contributed by atoms with Crippen molar-refractivity contribution < 1.29 is 19.5 Å². The van der Waals surface area contributed by atoms with E-state index in [0.717, 1.165) is 8.95 Å². The molecule has 0 saturated heterocycles. The zero-order valence-electron chi connectivity index (χ0n) is 14.8. The number of ketones is 3. The van der Waals surface area contributed by atoms with Gasteiger partial charge in [-0.25, -0.2) is 0 Å². The van der Waals surface area contributed by atoms with Gasteiger partial charge in [-0.1, -0.05) is 50.1 Å². The van der Waals surface area contributed by atoms with Gasteiger partial charge in [-0.05, 0) is 48.6 Å². The SMILES string of the molecule is O=C1C(=CC=CC=CC2=C(O)c3cc(Br)ccc3C2=O)C(=O)c2cc(Br)ccc21. The molecule has 0 bridgehead atoms. The summed E-state index contributed by atoms with van der Waals surface area (Å²) < 4.78 is 1.51. The number of allylic oxidation sites excluding steroid dienone is 7. The fourth-order valence-corrected chi connectivity index (χ4v) is 4.00. The predicted molar refractivity (Wildman–Crippen MR) is 117 cm³/mol. The first-order valence-electron chi connectivity index (χ1n) is 8.60. The summed E-state index contributed by atoms with van der Waals surface area (Å²) in [6, 6.07) is 10.1. The minimum Gasteiger partial charge on any atom is -0.507 e. The number of hydrogen-bond donors (Lipinski definition) is 1. The fraction of sp³-hybridized carbons (Fsp3) is 0. The fourth-order valence-electron chi connectivity index (χ4n) is 3.28. The lowest BCUT2D eigenvalue weighted by Crippen LogP contribution is -1.99. The summed E-state index contributed by atoms with van der Waals surface area (Å²) in [6.07, 6.45) is 7.70. The van der Waals surface area contributed by atoms with Crippen LogP contribution in [0.25, 0.3) is 5.76 Å². The summed E-state index contributed by atoms with van der Waals surface area (Å²) in [4.78, 5) is 37.2. The van der Waals surface area contributed by atoms with Gasteiger partial charge in [-0.3, -0.25) is 14.4 Å². The molecule has 142 valence electrons. The molecule has 0 aromatic heterocycles. The van der Waals surface area contributed by atoms with Crippen LogP contribution in [0.2, 0.25) is 0 Å². The number of rotatable bonds is 3. The smallest absolute Gasteiger partial charge is 0.197 e. The number of benzene rings is 2. The van der Waals surface area contributed by atoms with Crippen LogP contribution in [0.1, 0.15) is 36.6 Å². The molecule has 2 aromatic carbocycles. The molecule has 2 aromatic rings. The van der Waals surface area contributed by atoms with Crippen molar-refractivity contribution in [1.29, 1.82) is 0 Å². The lowest BCUT2D eigenvalue weighted by Gasteiger charge is -1.98. The molecule has 0 spiro atoms. The van der Waals surface area contributed by atoms with E-state index in [2.05, 4.69) is 31.9 Å². The van der Waals surface area contributed by atoms with Crippen molar-refractivity contribution in [3.63, 3.8) is 0 Å². The Hall–Kier alpha value is -2.83. The van der Waals surface area contributed by atoms with Crippen LogP contribution in [-0.2, 0) is 0 Å². The average Bonchev–Trinajstić information content (AvgIpc) is 3.07. The highest BCUT2D eigenvalue weighted by molar-refractivity contribution is 9.10. The standard InChI is InChI=1S/C23H12Br2O4/c24-12-6-8-14-18(10-12)22(28)16(20(14)26)4-2-1-3-5-17-21(27)15-9-7-13(25)11-19(15)23(17)29/h1-11,28H. The van der Waals surface area contributed by atoms with Gasteiger partial charge >= 0.3 is 0 Å². The molecule has 29 heavy (non-hydrogen) atoms. The minimum atomic E-state index is -0.313. The number of fused-ring (bicyclic) bond motifs is 2. The second kappa shape index (κ2) is 7.54. The van der Waals surface area contributed by atoms with Gasteiger partial charge < -0.3 is 5.11 Å². The van der Waals surface area contributed by atoms with Gasteiger partial charge in [0.1, 0.15) is 5.76 Å². The first kappa shape index (κ1) is 19.5. The quantitative estimate of drug-likeness (QED) is 0.321. The van der Waals surface area contributed by atoms with E-state index in [1.165, 1.54) is 12.2 Å². The summed E-state index contributed by atoms with van der Waals surface area (Å²) in [5.74, 6) is -0.947. The summed E-state index contributed by atoms with van der Waals surface area (Å²) in [6.45, 7) is 0. The molecule has 4 rings (SSSR count).